The zero-order valence-corrected chi connectivity index (χ0v) is 12.5. The van der Waals surface area contributed by atoms with Gasteiger partial charge in [0.1, 0.15) is 0 Å². The molecular formula is C16H24FNO2. The molecule has 1 aromatic rings. The van der Waals surface area contributed by atoms with Crippen LogP contribution in [0.2, 0.25) is 0 Å². The fraction of sp³-hybridized carbons (Fsp3) is 0.625. The molecule has 0 saturated carbocycles. The molecule has 4 heteroatoms. The maximum absolute atomic E-state index is 14.5. The van der Waals surface area contributed by atoms with Crippen molar-refractivity contribution < 1.29 is 13.9 Å². The first-order valence-corrected chi connectivity index (χ1v) is 7.36. The van der Waals surface area contributed by atoms with Crippen molar-refractivity contribution in [1.29, 1.82) is 0 Å². The van der Waals surface area contributed by atoms with Gasteiger partial charge in [0.05, 0.1) is 13.2 Å². The van der Waals surface area contributed by atoms with Crippen molar-refractivity contribution in [2.75, 3.05) is 20.3 Å². The lowest BCUT2D eigenvalue weighted by Gasteiger charge is -2.28. The minimum absolute atomic E-state index is 0.0254. The van der Waals surface area contributed by atoms with Gasteiger partial charge in [0.2, 0.25) is 0 Å². The number of nitrogens with one attached hydrogen (secondary N) is 1. The molecule has 112 valence electrons. The van der Waals surface area contributed by atoms with Crippen molar-refractivity contribution in [2.24, 2.45) is 5.92 Å². The van der Waals surface area contributed by atoms with Crippen molar-refractivity contribution in [3.05, 3.63) is 29.6 Å². The Morgan fingerprint density at radius 2 is 2.30 bits per heavy atom. The standard InChI is InChI=1S/C16H24FNO2/c1-4-9-18-16(12-8-10-20-11(12)2)13-6-5-7-14(19-3)15(13)17/h5-7,11-12,16,18H,4,8-10H2,1-3H3. The van der Waals surface area contributed by atoms with Gasteiger partial charge >= 0.3 is 0 Å². The highest BCUT2D eigenvalue weighted by molar-refractivity contribution is 5.33. The lowest BCUT2D eigenvalue weighted by molar-refractivity contribution is 0.0949. The largest absolute Gasteiger partial charge is 0.494 e. The first-order chi connectivity index (χ1) is 9.69. The van der Waals surface area contributed by atoms with Crippen LogP contribution in [-0.4, -0.2) is 26.4 Å². The van der Waals surface area contributed by atoms with Crippen LogP contribution < -0.4 is 10.1 Å². The maximum atomic E-state index is 14.5. The summed E-state index contributed by atoms with van der Waals surface area (Å²) in [6.07, 6.45) is 2.12. The Bertz CT molecular complexity index is 438. The molecule has 0 aliphatic carbocycles. The van der Waals surface area contributed by atoms with Crippen molar-refractivity contribution >= 4 is 0 Å². The second-order valence-corrected chi connectivity index (χ2v) is 5.32. The highest BCUT2D eigenvalue weighted by atomic mass is 19.1. The third kappa shape index (κ3) is 3.13. The lowest BCUT2D eigenvalue weighted by Crippen LogP contribution is -2.33. The zero-order valence-electron chi connectivity index (χ0n) is 12.5. The van der Waals surface area contributed by atoms with Gasteiger partial charge in [0, 0.05) is 24.1 Å². The number of hydrogen-bond acceptors (Lipinski definition) is 3. The molecule has 0 radical (unpaired) electrons. The van der Waals surface area contributed by atoms with Gasteiger partial charge in [-0.15, -0.1) is 0 Å². The van der Waals surface area contributed by atoms with Crippen molar-refractivity contribution in [3.8, 4) is 5.75 Å². The van der Waals surface area contributed by atoms with E-state index in [0.717, 1.165) is 26.0 Å². The Morgan fingerprint density at radius 1 is 1.50 bits per heavy atom. The van der Waals surface area contributed by atoms with E-state index in [2.05, 4.69) is 19.2 Å². The van der Waals surface area contributed by atoms with Gasteiger partial charge in [-0.05, 0) is 32.4 Å². The molecule has 1 aromatic carbocycles. The summed E-state index contributed by atoms with van der Waals surface area (Å²) < 4.78 is 25.3. The molecule has 1 aliphatic heterocycles. The van der Waals surface area contributed by atoms with E-state index in [0.29, 0.717) is 17.2 Å². The van der Waals surface area contributed by atoms with Crippen LogP contribution in [-0.2, 0) is 4.74 Å². The van der Waals surface area contributed by atoms with E-state index in [1.807, 2.05) is 12.1 Å². The molecule has 1 heterocycles. The maximum Gasteiger partial charge on any atom is 0.169 e. The summed E-state index contributed by atoms with van der Waals surface area (Å²) in [4.78, 5) is 0. The van der Waals surface area contributed by atoms with E-state index < -0.39 is 0 Å². The van der Waals surface area contributed by atoms with Gasteiger partial charge < -0.3 is 14.8 Å². The van der Waals surface area contributed by atoms with Crippen LogP contribution in [0.15, 0.2) is 18.2 Å². The quantitative estimate of drug-likeness (QED) is 0.868. The Hall–Kier alpha value is -1.13. The first kappa shape index (κ1) is 15.3. The van der Waals surface area contributed by atoms with Gasteiger partial charge in [0.25, 0.3) is 0 Å². The molecule has 2 rings (SSSR count). The smallest absolute Gasteiger partial charge is 0.169 e. The molecule has 20 heavy (non-hydrogen) atoms. The summed E-state index contributed by atoms with van der Waals surface area (Å²) in [6, 6.07) is 5.32. The average Bonchev–Trinajstić information content (AvgIpc) is 2.87. The predicted molar refractivity (Wildman–Crippen MR) is 77.5 cm³/mol. The highest BCUT2D eigenvalue weighted by Gasteiger charge is 2.34. The molecule has 0 amide bonds. The van der Waals surface area contributed by atoms with Gasteiger partial charge in [-0.25, -0.2) is 4.39 Å². The number of rotatable bonds is 6. The number of benzene rings is 1. The molecule has 3 nitrogen and oxygen atoms in total. The average molecular weight is 281 g/mol. The molecule has 1 N–H and O–H groups in total. The van der Waals surface area contributed by atoms with E-state index in [-0.39, 0.29) is 18.0 Å². The molecular weight excluding hydrogens is 257 g/mol. The van der Waals surface area contributed by atoms with Crippen LogP contribution >= 0.6 is 0 Å². The summed E-state index contributed by atoms with van der Waals surface area (Å²) >= 11 is 0. The van der Waals surface area contributed by atoms with Crippen molar-refractivity contribution in [1.82, 2.24) is 5.32 Å². The first-order valence-electron chi connectivity index (χ1n) is 7.36. The van der Waals surface area contributed by atoms with E-state index in [9.17, 15) is 4.39 Å². The molecule has 0 bridgehead atoms. The third-order valence-electron chi connectivity index (χ3n) is 4.03. The van der Waals surface area contributed by atoms with Crippen molar-refractivity contribution in [3.63, 3.8) is 0 Å². The van der Waals surface area contributed by atoms with E-state index in [4.69, 9.17) is 9.47 Å². The SMILES string of the molecule is CCCNC(c1cccc(OC)c1F)C1CCOC1C. The van der Waals surface area contributed by atoms with Gasteiger partial charge in [-0.2, -0.15) is 0 Å². The van der Waals surface area contributed by atoms with Crippen LogP contribution in [0.25, 0.3) is 0 Å². The molecule has 0 aromatic heterocycles. The second kappa shape index (κ2) is 7.04. The highest BCUT2D eigenvalue weighted by Crippen LogP contribution is 2.36. The van der Waals surface area contributed by atoms with Crippen LogP contribution in [0.3, 0.4) is 0 Å². The van der Waals surface area contributed by atoms with Crippen LogP contribution in [0.5, 0.6) is 5.75 Å². The fourth-order valence-corrected chi connectivity index (χ4v) is 2.90. The van der Waals surface area contributed by atoms with Gasteiger partial charge in [-0.3, -0.25) is 0 Å². The summed E-state index contributed by atoms with van der Waals surface area (Å²) in [5, 5.41) is 3.47. The predicted octanol–water partition coefficient (Wildman–Crippen LogP) is 3.30. The fourth-order valence-electron chi connectivity index (χ4n) is 2.90. The summed E-state index contributed by atoms with van der Waals surface area (Å²) in [5.41, 5.74) is 0.681. The van der Waals surface area contributed by atoms with Crippen LogP contribution in [0.1, 0.15) is 38.3 Å². The monoisotopic (exact) mass is 281 g/mol. The molecule has 3 atom stereocenters. The van der Waals surface area contributed by atoms with Crippen molar-refractivity contribution in [2.45, 2.75) is 38.8 Å². The Kier molecular flexibility index (Phi) is 5.38. The van der Waals surface area contributed by atoms with Gasteiger partial charge in [0.15, 0.2) is 11.6 Å². The lowest BCUT2D eigenvalue weighted by atomic mass is 9.87. The number of ether oxygens (including phenoxy) is 2. The zero-order chi connectivity index (χ0) is 14.5. The van der Waals surface area contributed by atoms with Crippen LogP contribution in [0.4, 0.5) is 4.39 Å². The number of methoxy groups -OCH3 is 1. The number of hydrogen-bond donors (Lipinski definition) is 1. The summed E-state index contributed by atoms with van der Waals surface area (Å²) in [5.74, 6) is 0.336. The molecule has 1 saturated heterocycles. The third-order valence-corrected chi connectivity index (χ3v) is 4.03. The second-order valence-electron chi connectivity index (χ2n) is 5.32. The van der Waals surface area contributed by atoms with E-state index >= 15 is 0 Å². The Labute approximate surface area is 120 Å². The Morgan fingerprint density at radius 3 is 2.90 bits per heavy atom. The van der Waals surface area contributed by atoms with Crippen LogP contribution in [0, 0.1) is 11.7 Å². The molecule has 1 fully saturated rings. The Balaban J connectivity index is 2.30. The number of halogens is 1. The molecule has 3 unspecified atom stereocenters. The van der Waals surface area contributed by atoms with E-state index in [1.54, 1.807) is 6.07 Å². The molecule has 0 spiro atoms. The minimum atomic E-state index is -0.261. The minimum Gasteiger partial charge on any atom is -0.494 e. The van der Waals surface area contributed by atoms with E-state index in [1.165, 1.54) is 7.11 Å². The topological polar surface area (TPSA) is 30.5 Å². The summed E-state index contributed by atoms with van der Waals surface area (Å²) in [6.45, 7) is 5.79. The molecule has 1 aliphatic rings. The normalized spacial score (nSPS) is 23.8. The summed E-state index contributed by atoms with van der Waals surface area (Å²) in [7, 11) is 1.50. The van der Waals surface area contributed by atoms with Gasteiger partial charge in [-0.1, -0.05) is 19.1 Å².